The third-order valence-corrected chi connectivity index (χ3v) is 5.64. The van der Waals surface area contributed by atoms with E-state index in [9.17, 15) is 4.79 Å². The number of amides is 1. The van der Waals surface area contributed by atoms with Crippen molar-refractivity contribution in [3.63, 3.8) is 0 Å². The van der Waals surface area contributed by atoms with Gasteiger partial charge in [-0.15, -0.1) is 0 Å². The van der Waals surface area contributed by atoms with Gasteiger partial charge in [0.15, 0.2) is 5.17 Å². The lowest BCUT2D eigenvalue weighted by molar-refractivity contribution is -0.115. The minimum Gasteiger partial charge on any atom is -0.457 e. The van der Waals surface area contributed by atoms with Crippen molar-refractivity contribution in [1.29, 1.82) is 0 Å². The summed E-state index contributed by atoms with van der Waals surface area (Å²) in [6.45, 7) is 4.04. The summed E-state index contributed by atoms with van der Waals surface area (Å²) in [7, 11) is 0. The van der Waals surface area contributed by atoms with Crippen molar-refractivity contribution in [1.82, 2.24) is 5.32 Å². The molecule has 1 amide bonds. The quantitative estimate of drug-likeness (QED) is 0.455. The van der Waals surface area contributed by atoms with Crippen LogP contribution in [0.5, 0.6) is 0 Å². The van der Waals surface area contributed by atoms with Crippen LogP contribution in [0.1, 0.15) is 16.9 Å². The summed E-state index contributed by atoms with van der Waals surface area (Å²) in [6.07, 6.45) is 1.69. The molecule has 0 radical (unpaired) electrons. The minimum absolute atomic E-state index is 0.208. The lowest BCUT2D eigenvalue weighted by Gasteiger charge is -2.01. The van der Waals surface area contributed by atoms with Crippen LogP contribution in [0.4, 0.5) is 5.69 Å². The number of thioether (sulfide) groups is 1. The fourth-order valence-electron chi connectivity index (χ4n) is 3.01. The van der Waals surface area contributed by atoms with Crippen molar-refractivity contribution in [3.05, 3.63) is 80.4 Å². The van der Waals surface area contributed by atoms with Gasteiger partial charge >= 0.3 is 0 Å². The van der Waals surface area contributed by atoms with E-state index in [1.54, 1.807) is 30.3 Å². The van der Waals surface area contributed by atoms with Crippen LogP contribution in [0.15, 0.2) is 62.8 Å². The Morgan fingerprint density at radius 2 is 1.79 bits per heavy atom. The molecule has 1 saturated heterocycles. The SMILES string of the molecule is Cc1cc(C)cc(N=C2NC(=O)C(=Cc3ccc(-c4ccc(Cl)cc4Cl)o3)S2)c1. The van der Waals surface area contributed by atoms with Crippen molar-refractivity contribution >= 4 is 57.8 Å². The molecule has 1 N–H and O–H groups in total. The monoisotopic (exact) mass is 442 g/mol. The molecule has 3 aromatic rings. The van der Waals surface area contributed by atoms with E-state index in [2.05, 4.69) is 16.4 Å². The molecule has 1 aromatic heterocycles. The second-order valence-corrected chi connectivity index (χ2v) is 8.53. The number of amidine groups is 1. The van der Waals surface area contributed by atoms with Gasteiger partial charge in [0, 0.05) is 16.7 Å². The number of halogens is 2. The van der Waals surface area contributed by atoms with E-state index in [0.717, 1.165) is 22.4 Å². The van der Waals surface area contributed by atoms with E-state index in [1.807, 2.05) is 32.0 Å². The molecule has 0 atom stereocenters. The Balaban J connectivity index is 1.57. The number of hydrogen-bond donors (Lipinski definition) is 1. The van der Waals surface area contributed by atoms with Crippen molar-refractivity contribution in [2.75, 3.05) is 0 Å². The van der Waals surface area contributed by atoms with Crippen LogP contribution in [0, 0.1) is 13.8 Å². The molecule has 4 nitrogen and oxygen atoms in total. The van der Waals surface area contributed by atoms with E-state index in [0.29, 0.717) is 31.6 Å². The summed E-state index contributed by atoms with van der Waals surface area (Å²) < 4.78 is 5.85. The number of hydrogen-bond acceptors (Lipinski definition) is 4. The number of nitrogens with zero attached hydrogens (tertiary/aromatic N) is 1. The van der Waals surface area contributed by atoms with Crippen LogP contribution in [0.3, 0.4) is 0 Å². The molecule has 2 heterocycles. The first-order chi connectivity index (χ1) is 13.9. The molecule has 146 valence electrons. The fraction of sp³-hybridized carbons (Fsp3) is 0.0909. The molecule has 0 bridgehead atoms. The van der Waals surface area contributed by atoms with E-state index in [4.69, 9.17) is 27.6 Å². The number of nitrogens with one attached hydrogen (secondary N) is 1. The van der Waals surface area contributed by atoms with Crippen LogP contribution in [0.2, 0.25) is 10.0 Å². The highest BCUT2D eigenvalue weighted by molar-refractivity contribution is 8.18. The molecule has 4 rings (SSSR count). The Bertz CT molecular complexity index is 1160. The maximum absolute atomic E-state index is 12.3. The van der Waals surface area contributed by atoms with Gasteiger partial charge in [0.05, 0.1) is 15.6 Å². The van der Waals surface area contributed by atoms with Gasteiger partial charge in [-0.3, -0.25) is 4.79 Å². The van der Waals surface area contributed by atoms with Crippen molar-refractivity contribution in [2.45, 2.75) is 13.8 Å². The molecular formula is C22H16Cl2N2O2S. The molecular weight excluding hydrogens is 427 g/mol. The number of carbonyl (C=O) groups is 1. The standard InChI is InChI=1S/C22H16Cl2N2O2S/c1-12-7-13(2)9-15(8-12)25-22-26-21(27)20(29-22)11-16-4-6-19(28-16)17-5-3-14(23)10-18(17)24/h3-11H,1-2H3,(H,25,26,27). The summed E-state index contributed by atoms with van der Waals surface area (Å²) in [5.41, 5.74) is 3.79. The molecule has 2 aromatic carbocycles. The maximum atomic E-state index is 12.3. The predicted octanol–water partition coefficient (Wildman–Crippen LogP) is 6.76. The van der Waals surface area contributed by atoms with E-state index in [-0.39, 0.29) is 5.91 Å². The largest absolute Gasteiger partial charge is 0.457 e. The average molecular weight is 443 g/mol. The second-order valence-electron chi connectivity index (χ2n) is 6.65. The van der Waals surface area contributed by atoms with Crippen molar-refractivity contribution in [2.24, 2.45) is 4.99 Å². The number of benzene rings is 2. The lowest BCUT2D eigenvalue weighted by atomic mass is 10.1. The Morgan fingerprint density at radius 3 is 2.52 bits per heavy atom. The molecule has 0 unspecified atom stereocenters. The normalized spacial score (nSPS) is 16.6. The van der Waals surface area contributed by atoms with Gasteiger partial charge in [-0.05, 0) is 79.2 Å². The van der Waals surface area contributed by atoms with Crippen molar-refractivity contribution in [3.8, 4) is 11.3 Å². The lowest BCUT2D eigenvalue weighted by Crippen LogP contribution is -2.19. The van der Waals surface area contributed by atoms with Gasteiger partial charge in [-0.1, -0.05) is 29.3 Å². The topological polar surface area (TPSA) is 54.6 Å². The number of aryl methyl sites for hydroxylation is 2. The van der Waals surface area contributed by atoms with Crippen LogP contribution >= 0.6 is 35.0 Å². The highest BCUT2D eigenvalue weighted by atomic mass is 35.5. The van der Waals surface area contributed by atoms with Gasteiger partial charge < -0.3 is 9.73 Å². The minimum atomic E-state index is -0.208. The predicted molar refractivity (Wildman–Crippen MR) is 121 cm³/mol. The van der Waals surface area contributed by atoms with E-state index < -0.39 is 0 Å². The van der Waals surface area contributed by atoms with E-state index >= 15 is 0 Å². The molecule has 0 spiro atoms. The average Bonchev–Trinajstić information content (AvgIpc) is 3.21. The summed E-state index contributed by atoms with van der Waals surface area (Å²) >= 11 is 13.5. The van der Waals surface area contributed by atoms with Crippen LogP contribution in [-0.2, 0) is 4.79 Å². The molecule has 1 fully saturated rings. The molecule has 0 aliphatic carbocycles. The van der Waals surface area contributed by atoms with Gasteiger partial charge in [0.2, 0.25) is 0 Å². The zero-order valence-electron chi connectivity index (χ0n) is 15.6. The summed E-state index contributed by atoms with van der Waals surface area (Å²) in [5, 5.41) is 4.39. The summed E-state index contributed by atoms with van der Waals surface area (Å²) in [6, 6.07) is 14.8. The number of aliphatic imine (C=N–C) groups is 1. The molecule has 7 heteroatoms. The summed E-state index contributed by atoms with van der Waals surface area (Å²) in [4.78, 5) is 17.4. The molecule has 0 saturated carbocycles. The number of furan rings is 1. The van der Waals surface area contributed by atoms with Gasteiger partial charge in [0.1, 0.15) is 11.5 Å². The van der Waals surface area contributed by atoms with Crippen LogP contribution < -0.4 is 5.32 Å². The van der Waals surface area contributed by atoms with Crippen molar-refractivity contribution < 1.29 is 9.21 Å². The zero-order valence-corrected chi connectivity index (χ0v) is 18.0. The maximum Gasteiger partial charge on any atom is 0.264 e. The number of carbonyl (C=O) groups excluding carboxylic acids is 1. The Hall–Kier alpha value is -2.47. The van der Waals surface area contributed by atoms with E-state index in [1.165, 1.54) is 11.8 Å². The van der Waals surface area contributed by atoms with Crippen LogP contribution in [0.25, 0.3) is 17.4 Å². The second kappa shape index (κ2) is 8.11. The first-order valence-corrected chi connectivity index (χ1v) is 10.4. The Kier molecular flexibility index (Phi) is 5.54. The van der Waals surface area contributed by atoms with Gasteiger partial charge in [-0.25, -0.2) is 4.99 Å². The molecule has 1 aliphatic heterocycles. The third-order valence-electron chi connectivity index (χ3n) is 4.18. The first-order valence-electron chi connectivity index (χ1n) is 8.80. The van der Waals surface area contributed by atoms with Gasteiger partial charge in [-0.2, -0.15) is 0 Å². The summed E-state index contributed by atoms with van der Waals surface area (Å²) in [5.74, 6) is 0.947. The Labute approximate surface area is 182 Å². The zero-order chi connectivity index (χ0) is 20.5. The third kappa shape index (κ3) is 4.58. The molecule has 29 heavy (non-hydrogen) atoms. The van der Waals surface area contributed by atoms with Gasteiger partial charge in [0.25, 0.3) is 5.91 Å². The Morgan fingerprint density at radius 1 is 1.03 bits per heavy atom. The van der Waals surface area contributed by atoms with Crippen LogP contribution in [-0.4, -0.2) is 11.1 Å². The smallest absolute Gasteiger partial charge is 0.264 e. The highest BCUT2D eigenvalue weighted by Gasteiger charge is 2.24. The number of rotatable bonds is 3. The fourth-order valence-corrected chi connectivity index (χ4v) is 4.33. The first kappa shape index (κ1) is 19.8. The highest BCUT2D eigenvalue weighted by Crippen LogP contribution is 2.33. The molecule has 1 aliphatic rings.